The minimum atomic E-state index is 0.776. The van der Waals surface area contributed by atoms with Crippen LogP contribution in [-0.2, 0) is 13.0 Å². The zero-order valence-corrected chi connectivity index (χ0v) is 9.58. The normalized spacial score (nSPS) is 26.9. The van der Waals surface area contributed by atoms with Gasteiger partial charge in [0.15, 0.2) is 0 Å². The number of aromatic nitrogens is 2. The minimum Gasteiger partial charge on any atom is -0.335 e. The molecule has 0 N–H and O–H groups in total. The third-order valence-electron chi connectivity index (χ3n) is 4.05. The highest BCUT2D eigenvalue weighted by Crippen LogP contribution is 2.34. The summed E-state index contributed by atoms with van der Waals surface area (Å²) in [5.41, 5.74) is 1.39. The second kappa shape index (κ2) is 3.66. The molecule has 1 atom stereocenters. The maximum atomic E-state index is 4.85. The van der Waals surface area contributed by atoms with Gasteiger partial charge in [0.2, 0.25) is 0 Å². The Hall–Kier alpha value is -0.790. The largest absolute Gasteiger partial charge is 0.335 e. The van der Waals surface area contributed by atoms with Crippen LogP contribution < -0.4 is 0 Å². The maximum Gasteiger partial charge on any atom is 0.109 e. The number of hydrogen-bond acceptors (Lipinski definition) is 1. The van der Waals surface area contributed by atoms with Gasteiger partial charge in [-0.15, -0.1) is 0 Å². The average molecular weight is 204 g/mol. The highest BCUT2D eigenvalue weighted by molar-refractivity contribution is 5.12. The van der Waals surface area contributed by atoms with Crippen molar-refractivity contribution in [1.29, 1.82) is 0 Å². The Morgan fingerprint density at radius 3 is 2.87 bits per heavy atom. The molecule has 2 nitrogen and oxygen atoms in total. The van der Waals surface area contributed by atoms with Gasteiger partial charge in [0.25, 0.3) is 0 Å². The van der Waals surface area contributed by atoms with E-state index < -0.39 is 0 Å². The number of aryl methyl sites for hydroxylation is 1. The highest BCUT2D eigenvalue weighted by atomic mass is 15.1. The number of imidazole rings is 1. The Labute approximate surface area is 91.7 Å². The molecule has 1 aliphatic heterocycles. The second-order valence-electron chi connectivity index (χ2n) is 5.35. The van der Waals surface area contributed by atoms with Gasteiger partial charge < -0.3 is 4.57 Å². The van der Waals surface area contributed by atoms with E-state index in [0.717, 1.165) is 11.8 Å². The van der Waals surface area contributed by atoms with Crippen molar-refractivity contribution in [3.63, 3.8) is 0 Å². The molecular formula is C13H20N2. The van der Waals surface area contributed by atoms with Gasteiger partial charge in [-0.25, -0.2) is 4.98 Å². The van der Waals surface area contributed by atoms with Crippen LogP contribution in [0.1, 0.15) is 56.5 Å². The smallest absolute Gasteiger partial charge is 0.109 e. The summed E-state index contributed by atoms with van der Waals surface area (Å²) in [7, 11) is 0. The van der Waals surface area contributed by atoms with Gasteiger partial charge >= 0.3 is 0 Å². The van der Waals surface area contributed by atoms with Gasteiger partial charge in [-0.05, 0) is 25.2 Å². The summed E-state index contributed by atoms with van der Waals surface area (Å²) in [6, 6.07) is 0. The Morgan fingerprint density at radius 1 is 1.27 bits per heavy atom. The summed E-state index contributed by atoms with van der Waals surface area (Å²) >= 11 is 0. The lowest BCUT2D eigenvalue weighted by atomic mass is 10.0. The molecule has 2 heterocycles. The molecule has 1 aliphatic carbocycles. The van der Waals surface area contributed by atoms with Gasteiger partial charge in [0.1, 0.15) is 5.82 Å². The van der Waals surface area contributed by atoms with Gasteiger partial charge in [-0.3, -0.25) is 0 Å². The van der Waals surface area contributed by atoms with Gasteiger partial charge in [0.05, 0.1) is 5.69 Å². The molecule has 0 saturated heterocycles. The van der Waals surface area contributed by atoms with Crippen molar-refractivity contribution in [2.45, 2.75) is 57.9 Å². The van der Waals surface area contributed by atoms with Crippen LogP contribution in [0.15, 0.2) is 6.20 Å². The lowest BCUT2D eigenvalue weighted by Gasteiger charge is -2.18. The second-order valence-corrected chi connectivity index (χ2v) is 5.35. The minimum absolute atomic E-state index is 0.776. The third-order valence-corrected chi connectivity index (χ3v) is 4.05. The molecule has 2 heteroatoms. The van der Waals surface area contributed by atoms with Crippen molar-refractivity contribution in [3.8, 4) is 0 Å². The van der Waals surface area contributed by atoms with Crippen molar-refractivity contribution < 1.29 is 0 Å². The summed E-state index contributed by atoms with van der Waals surface area (Å²) in [6.45, 7) is 3.53. The molecular weight excluding hydrogens is 184 g/mol. The summed E-state index contributed by atoms with van der Waals surface area (Å²) < 4.78 is 2.40. The van der Waals surface area contributed by atoms with E-state index in [9.17, 15) is 0 Å². The molecule has 1 unspecified atom stereocenters. The number of fused-ring (bicyclic) bond motifs is 1. The number of nitrogens with zero attached hydrogens (tertiary/aromatic N) is 2. The average Bonchev–Trinajstić information content (AvgIpc) is 2.84. The van der Waals surface area contributed by atoms with Crippen LogP contribution in [0.25, 0.3) is 0 Å². The zero-order chi connectivity index (χ0) is 10.3. The van der Waals surface area contributed by atoms with Crippen molar-refractivity contribution in [2.24, 2.45) is 5.92 Å². The van der Waals surface area contributed by atoms with E-state index in [2.05, 4.69) is 17.7 Å². The van der Waals surface area contributed by atoms with E-state index >= 15 is 0 Å². The molecule has 0 radical (unpaired) electrons. The molecule has 0 bridgehead atoms. The monoisotopic (exact) mass is 204 g/mol. The molecule has 3 rings (SSSR count). The van der Waals surface area contributed by atoms with Crippen molar-refractivity contribution in [3.05, 3.63) is 17.7 Å². The fraction of sp³-hybridized carbons (Fsp3) is 0.769. The molecule has 1 fully saturated rings. The van der Waals surface area contributed by atoms with E-state index in [1.54, 1.807) is 0 Å². The lowest BCUT2D eigenvalue weighted by Crippen LogP contribution is -2.16. The topological polar surface area (TPSA) is 17.8 Å². The Kier molecular flexibility index (Phi) is 2.30. The van der Waals surface area contributed by atoms with Gasteiger partial charge in [0, 0.05) is 25.1 Å². The van der Waals surface area contributed by atoms with Crippen LogP contribution >= 0.6 is 0 Å². The molecule has 2 aliphatic rings. The Morgan fingerprint density at radius 2 is 2.07 bits per heavy atom. The SMILES string of the molecule is CC1CCn2cc(C3CCCC3)nc2C1. The first-order valence-corrected chi connectivity index (χ1v) is 6.39. The predicted molar refractivity (Wildman–Crippen MR) is 60.9 cm³/mol. The Balaban J connectivity index is 1.85. The molecule has 82 valence electrons. The van der Waals surface area contributed by atoms with Crippen molar-refractivity contribution in [2.75, 3.05) is 0 Å². The lowest BCUT2D eigenvalue weighted by molar-refractivity contribution is 0.409. The molecule has 0 aromatic carbocycles. The van der Waals surface area contributed by atoms with Crippen LogP contribution in [0.2, 0.25) is 0 Å². The van der Waals surface area contributed by atoms with Crippen LogP contribution in [0, 0.1) is 5.92 Å². The quantitative estimate of drug-likeness (QED) is 0.687. The van der Waals surface area contributed by atoms with E-state index in [-0.39, 0.29) is 0 Å². The summed E-state index contributed by atoms with van der Waals surface area (Å²) in [5, 5.41) is 0. The van der Waals surface area contributed by atoms with Crippen LogP contribution in [0.4, 0.5) is 0 Å². The summed E-state index contributed by atoms with van der Waals surface area (Å²) in [4.78, 5) is 4.85. The maximum absolute atomic E-state index is 4.85. The first-order valence-electron chi connectivity index (χ1n) is 6.39. The third kappa shape index (κ3) is 1.70. The van der Waals surface area contributed by atoms with E-state index in [0.29, 0.717) is 0 Å². The Bertz CT molecular complexity index is 347. The fourth-order valence-corrected chi connectivity index (χ4v) is 3.02. The van der Waals surface area contributed by atoms with Gasteiger partial charge in [-0.1, -0.05) is 19.8 Å². The molecule has 1 saturated carbocycles. The van der Waals surface area contributed by atoms with Crippen molar-refractivity contribution >= 4 is 0 Å². The molecule has 0 amide bonds. The van der Waals surface area contributed by atoms with Crippen LogP contribution in [0.5, 0.6) is 0 Å². The molecule has 1 aromatic rings. The molecule has 0 spiro atoms. The first kappa shape index (κ1) is 9.44. The first-order chi connectivity index (χ1) is 7.33. The van der Waals surface area contributed by atoms with Crippen molar-refractivity contribution in [1.82, 2.24) is 9.55 Å². The summed E-state index contributed by atoms with van der Waals surface area (Å²) in [5.74, 6) is 2.95. The molecule has 15 heavy (non-hydrogen) atoms. The zero-order valence-electron chi connectivity index (χ0n) is 9.58. The number of rotatable bonds is 1. The summed E-state index contributed by atoms with van der Waals surface area (Å²) in [6.07, 6.45) is 10.4. The predicted octanol–water partition coefficient (Wildman–Crippen LogP) is 3.12. The van der Waals surface area contributed by atoms with Crippen LogP contribution in [-0.4, -0.2) is 9.55 Å². The molecule has 1 aromatic heterocycles. The van der Waals surface area contributed by atoms with Crippen LogP contribution in [0.3, 0.4) is 0 Å². The van der Waals surface area contributed by atoms with E-state index in [4.69, 9.17) is 4.98 Å². The van der Waals surface area contributed by atoms with E-state index in [1.165, 1.54) is 56.6 Å². The standard InChI is InChI=1S/C13H20N2/c1-10-6-7-15-9-12(14-13(15)8-10)11-4-2-3-5-11/h9-11H,2-8H2,1H3. The van der Waals surface area contributed by atoms with Gasteiger partial charge in [-0.2, -0.15) is 0 Å². The highest BCUT2D eigenvalue weighted by Gasteiger charge is 2.23. The fourth-order valence-electron chi connectivity index (χ4n) is 3.02. The number of hydrogen-bond donors (Lipinski definition) is 0. The van der Waals surface area contributed by atoms with E-state index in [1.807, 2.05) is 0 Å².